The number of hydrogen-bond acceptors (Lipinski definition) is 5. The standard InChI is InChI=1S/C12H16N4OS/c1-8-9(2)15-16-12(11(8)7-13)18-6-4-5-14-10(3)17/h4-6H2,1-3H3,(H,14,17). The zero-order valence-electron chi connectivity index (χ0n) is 10.8. The summed E-state index contributed by atoms with van der Waals surface area (Å²) in [6, 6.07) is 2.17. The number of aromatic nitrogens is 2. The van der Waals surface area contributed by atoms with Crippen molar-refractivity contribution >= 4 is 17.7 Å². The highest BCUT2D eigenvalue weighted by Gasteiger charge is 2.10. The van der Waals surface area contributed by atoms with Gasteiger partial charge in [0.05, 0.1) is 11.3 Å². The Morgan fingerprint density at radius 2 is 2.17 bits per heavy atom. The van der Waals surface area contributed by atoms with Crippen LogP contribution in [-0.2, 0) is 4.79 Å². The van der Waals surface area contributed by atoms with Crippen LogP contribution in [0.25, 0.3) is 0 Å². The van der Waals surface area contributed by atoms with E-state index in [2.05, 4.69) is 21.6 Å². The smallest absolute Gasteiger partial charge is 0.216 e. The summed E-state index contributed by atoms with van der Waals surface area (Å²) in [5.41, 5.74) is 2.28. The summed E-state index contributed by atoms with van der Waals surface area (Å²) in [6.07, 6.45) is 0.837. The van der Waals surface area contributed by atoms with Crippen LogP contribution >= 0.6 is 11.8 Å². The summed E-state index contributed by atoms with van der Waals surface area (Å²) >= 11 is 1.50. The van der Waals surface area contributed by atoms with Gasteiger partial charge in [-0.3, -0.25) is 4.79 Å². The van der Waals surface area contributed by atoms with Gasteiger partial charge in [-0.25, -0.2) is 0 Å². The number of nitriles is 1. The van der Waals surface area contributed by atoms with Crippen molar-refractivity contribution in [3.63, 3.8) is 0 Å². The fraction of sp³-hybridized carbons (Fsp3) is 0.500. The maximum absolute atomic E-state index is 10.7. The first-order chi connectivity index (χ1) is 8.56. The Morgan fingerprint density at radius 1 is 1.44 bits per heavy atom. The number of nitrogens with one attached hydrogen (secondary N) is 1. The molecule has 0 spiro atoms. The maximum atomic E-state index is 10.7. The minimum absolute atomic E-state index is 0.0244. The number of aryl methyl sites for hydroxylation is 1. The highest BCUT2D eigenvalue weighted by molar-refractivity contribution is 7.99. The first-order valence-electron chi connectivity index (χ1n) is 5.67. The third-order valence-electron chi connectivity index (χ3n) is 2.47. The van der Waals surface area contributed by atoms with Crippen molar-refractivity contribution in [3.05, 3.63) is 16.8 Å². The van der Waals surface area contributed by atoms with Crippen molar-refractivity contribution in [3.8, 4) is 6.07 Å². The van der Waals surface area contributed by atoms with Gasteiger partial charge in [-0.1, -0.05) is 0 Å². The van der Waals surface area contributed by atoms with Crippen LogP contribution in [0.4, 0.5) is 0 Å². The lowest BCUT2D eigenvalue weighted by atomic mass is 10.1. The molecular formula is C12H16N4OS. The molecule has 1 aromatic heterocycles. The topological polar surface area (TPSA) is 78.7 Å². The van der Waals surface area contributed by atoms with Gasteiger partial charge < -0.3 is 5.32 Å². The Balaban J connectivity index is 2.55. The summed E-state index contributed by atoms with van der Waals surface area (Å²) in [4.78, 5) is 10.7. The zero-order chi connectivity index (χ0) is 13.5. The molecule has 6 heteroatoms. The molecule has 0 saturated carbocycles. The molecule has 1 N–H and O–H groups in total. The molecule has 0 aromatic carbocycles. The first-order valence-corrected chi connectivity index (χ1v) is 6.66. The van der Waals surface area contributed by atoms with Gasteiger partial charge in [0.25, 0.3) is 0 Å². The van der Waals surface area contributed by atoms with Crippen molar-refractivity contribution in [1.29, 1.82) is 5.26 Å². The van der Waals surface area contributed by atoms with Gasteiger partial charge in [-0.2, -0.15) is 10.4 Å². The number of hydrogen-bond donors (Lipinski definition) is 1. The van der Waals surface area contributed by atoms with E-state index < -0.39 is 0 Å². The first kappa shape index (κ1) is 14.5. The number of nitrogens with zero attached hydrogens (tertiary/aromatic N) is 3. The van der Waals surface area contributed by atoms with E-state index in [9.17, 15) is 4.79 Å². The monoisotopic (exact) mass is 264 g/mol. The molecule has 1 rings (SSSR count). The molecule has 1 aromatic rings. The minimum atomic E-state index is -0.0244. The molecule has 0 unspecified atom stereocenters. The van der Waals surface area contributed by atoms with Gasteiger partial charge in [-0.05, 0) is 25.8 Å². The van der Waals surface area contributed by atoms with E-state index in [0.29, 0.717) is 17.1 Å². The van der Waals surface area contributed by atoms with Gasteiger partial charge in [-0.15, -0.1) is 16.9 Å². The van der Waals surface area contributed by atoms with Gasteiger partial charge >= 0.3 is 0 Å². The van der Waals surface area contributed by atoms with Crippen LogP contribution in [0.1, 0.15) is 30.2 Å². The quantitative estimate of drug-likeness (QED) is 0.645. The molecule has 18 heavy (non-hydrogen) atoms. The van der Waals surface area contributed by atoms with Crippen LogP contribution in [0.5, 0.6) is 0 Å². The molecule has 5 nitrogen and oxygen atoms in total. The second kappa shape index (κ2) is 6.97. The molecule has 1 heterocycles. The van der Waals surface area contributed by atoms with Crippen molar-refractivity contribution < 1.29 is 4.79 Å². The van der Waals surface area contributed by atoms with Gasteiger partial charge in [0.1, 0.15) is 11.1 Å². The van der Waals surface area contributed by atoms with Crippen LogP contribution < -0.4 is 5.32 Å². The van der Waals surface area contributed by atoms with E-state index in [-0.39, 0.29) is 5.91 Å². The van der Waals surface area contributed by atoms with Crippen molar-refractivity contribution in [1.82, 2.24) is 15.5 Å². The van der Waals surface area contributed by atoms with E-state index in [1.165, 1.54) is 18.7 Å². The predicted octanol–water partition coefficient (Wildman–Crippen LogP) is 1.58. The number of carbonyl (C=O) groups is 1. The van der Waals surface area contributed by atoms with Gasteiger partial charge in [0.15, 0.2) is 0 Å². The average Bonchev–Trinajstić information content (AvgIpc) is 2.33. The molecule has 0 aliphatic rings. The van der Waals surface area contributed by atoms with E-state index in [1.54, 1.807) is 0 Å². The fourth-order valence-corrected chi connectivity index (χ4v) is 2.25. The highest BCUT2D eigenvalue weighted by atomic mass is 32.2. The molecule has 0 fully saturated rings. The van der Waals surface area contributed by atoms with Crippen molar-refractivity contribution in [2.45, 2.75) is 32.2 Å². The molecule has 0 atom stereocenters. The van der Waals surface area contributed by atoms with E-state index >= 15 is 0 Å². The lowest BCUT2D eigenvalue weighted by Gasteiger charge is -2.06. The Hall–Kier alpha value is -1.61. The van der Waals surface area contributed by atoms with Crippen LogP contribution in [0.3, 0.4) is 0 Å². The van der Waals surface area contributed by atoms with E-state index in [1.807, 2.05) is 13.8 Å². The van der Waals surface area contributed by atoms with Gasteiger partial charge in [0, 0.05) is 19.2 Å². The third kappa shape index (κ3) is 4.00. The summed E-state index contributed by atoms with van der Waals surface area (Å²) in [6.45, 7) is 5.86. The van der Waals surface area contributed by atoms with E-state index in [4.69, 9.17) is 5.26 Å². The van der Waals surface area contributed by atoms with Crippen LogP contribution in [-0.4, -0.2) is 28.4 Å². The molecule has 0 aliphatic carbocycles. The van der Waals surface area contributed by atoms with Crippen LogP contribution in [0, 0.1) is 25.2 Å². The molecule has 1 amide bonds. The predicted molar refractivity (Wildman–Crippen MR) is 70.2 cm³/mol. The normalized spacial score (nSPS) is 9.89. The SMILES string of the molecule is CC(=O)NCCCSc1nnc(C)c(C)c1C#N. The lowest BCUT2D eigenvalue weighted by molar-refractivity contribution is -0.118. The third-order valence-corrected chi connectivity index (χ3v) is 3.52. The number of carbonyl (C=O) groups excluding carboxylic acids is 1. The summed E-state index contributed by atoms with van der Waals surface area (Å²) < 4.78 is 0. The Kier molecular flexibility index (Phi) is 5.59. The molecule has 0 aliphatic heterocycles. The van der Waals surface area contributed by atoms with Crippen molar-refractivity contribution in [2.75, 3.05) is 12.3 Å². The molecule has 0 bridgehead atoms. The molecule has 0 saturated heterocycles. The summed E-state index contributed by atoms with van der Waals surface area (Å²) in [7, 11) is 0. The lowest BCUT2D eigenvalue weighted by Crippen LogP contribution is -2.21. The second-order valence-electron chi connectivity index (χ2n) is 3.89. The van der Waals surface area contributed by atoms with Crippen LogP contribution in [0.2, 0.25) is 0 Å². The highest BCUT2D eigenvalue weighted by Crippen LogP contribution is 2.23. The number of thioether (sulfide) groups is 1. The second-order valence-corrected chi connectivity index (χ2v) is 4.97. The Bertz CT molecular complexity index is 482. The number of rotatable bonds is 5. The summed E-state index contributed by atoms with van der Waals surface area (Å²) in [5, 5.41) is 20.6. The Morgan fingerprint density at radius 3 is 2.78 bits per heavy atom. The average molecular weight is 264 g/mol. The fourth-order valence-electron chi connectivity index (χ4n) is 1.32. The molecular weight excluding hydrogens is 248 g/mol. The zero-order valence-corrected chi connectivity index (χ0v) is 11.6. The molecule has 0 radical (unpaired) electrons. The largest absolute Gasteiger partial charge is 0.356 e. The van der Waals surface area contributed by atoms with Crippen molar-refractivity contribution in [2.24, 2.45) is 0 Å². The number of amides is 1. The Labute approximate surface area is 111 Å². The summed E-state index contributed by atoms with van der Waals surface area (Å²) in [5.74, 6) is 0.773. The molecule has 96 valence electrons. The maximum Gasteiger partial charge on any atom is 0.216 e. The minimum Gasteiger partial charge on any atom is -0.356 e. The van der Waals surface area contributed by atoms with E-state index in [0.717, 1.165) is 23.4 Å². The van der Waals surface area contributed by atoms with Crippen LogP contribution in [0.15, 0.2) is 5.03 Å². The van der Waals surface area contributed by atoms with Gasteiger partial charge in [0.2, 0.25) is 5.91 Å².